The van der Waals surface area contributed by atoms with Gasteiger partial charge < -0.3 is 15.4 Å². The molecule has 2 aliphatic heterocycles. The molecule has 2 fully saturated rings. The Balaban J connectivity index is 1.37. The quantitative estimate of drug-likeness (QED) is 0.649. The van der Waals surface area contributed by atoms with Crippen LogP contribution in [0.15, 0.2) is 48.5 Å². The number of benzene rings is 2. The summed E-state index contributed by atoms with van der Waals surface area (Å²) in [7, 11) is 0. The molecule has 2 amide bonds. The summed E-state index contributed by atoms with van der Waals surface area (Å²) < 4.78 is 18.6. The number of nitrogens with one attached hydrogen (secondary N) is 2. The van der Waals surface area contributed by atoms with Crippen LogP contribution in [0.2, 0.25) is 0 Å². The van der Waals surface area contributed by atoms with E-state index in [-0.39, 0.29) is 28.9 Å². The molecule has 4 rings (SSSR count). The van der Waals surface area contributed by atoms with Gasteiger partial charge in [0.2, 0.25) is 11.8 Å². The highest BCUT2D eigenvalue weighted by atomic mass is 32.2. The Morgan fingerprint density at radius 2 is 1.88 bits per heavy atom. The maximum Gasteiger partial charge on any atom is 0.243 e. The van der Waals surface area contributed by atoms with Crippen LogP contribution < -0.4 is 10.6 Å². The van der Waals surface area contributed by atoms with Gasteiger partial charge in [0.15, 0.2) is 0 Å². The summed E-state index contributed by atoms with van der Waals surface area (Å²) in [5.41, 5.74) is 3.11. The first-order valence-corrected chi connectivity index (χ1v) is 12.4. The molecule has 8 heteroatoms. The number of halogens is 1. The van der Waals surface area contributed by atoms with E-state index < -0.39 is 6.04 Å². The highest BCUT2D eigenvalue weighted by Crippen LogP contribution is 2.23. The van der Waals surface area contributed by atoms with Gasteiger partial charge in [0.05, 0.1) is 24.5 Å². The third kappa shape index (κ3) is 6.56. The molecule has 2 aromatic rings. The first-order chi connectivity index (χ1) is 16.0. The van der Waals surface area contributed by atoms with Crippen molar-refractivity contribution in [1.82, 2.24) is 15.5 Å². The van der Waals surface area contributed by atoms with E-state index in [4.69, 9.17) is 4.74 Å². The molecule has 176 valence electrons. The van der Waals surface area contributed by atoms with E-state index in [0.717, 1.165) is 24.2 Å². The van der Waals surface area contributed by atoms with Gasteiger partial charge in [0.25, 0.3) is 0 Å². The van der Waals surface area contributed by atoms with E-state index in [9.17, 15) is 14.0 Å². The number of carbonyl (C=O) groups excluding carboxylic acids is 2. The summed E-state index contributed by atoms with van der Waals surface area (Å²) in [5, 5.41) is 5.77. The Kier molecular flexibility index (Phi) is 8.01. The molecular weight excluding hydrogens is 441 g/mol. The van der Waals surface area contributed by atoms with Crippen molar-refractivity contribution < 1.29 is 18.7 Å². The Labute approximate surface area is 198 Å². The van der Waals surface area contributed by atoms with Crippen molar-refractivity contribution in [2.45, 2.75) is 30.7 Å². The monoisotopic (exact) mass is 471 g/mol. The van der Waals surface area contributed by atoms with Crippen LogP contribution in [0.1, 0.15) is 22.7 Å². The van der Waals surface area contributed by atoms with E-state index in [0.29, 0.717) is 31.9 Å². The van der Waals surface area contributed by atoms with Crippen LogP contribution in [0.3, 0.4) is 0 Å². The van der Waals surface area contributed by atoms with Crippen molar-refractivity contribution in [3.63, 3.8) is 0 Å². The Morgan fingerprint density at radius 3 is 2.55 bits per heavy atom. The van der Waals surface area contributed by atoms with Gasteiger partial charge in [-0.2, -0.15) is 0 Å². The van der Waals surface area contributed by atoms with E-state index in [2.05, 4.69) is 15.5 Å². The van der Waals surface area contributed by atoms with Crippen molar-refractivity contribution in [2.24, 2.45) is 0 Å². The fourth-order valence-corrected chi connectivity index (χ4v) is 5.26. The summed E-state index contributed by atoms with van der Waals surface area (Å²) >= 11 is 1.47. The zero-order chi connectivity index (χ0) is 23.2. The Bertz CT molecular complexity index is 948. The van der Waals surface area contributed by atoms with Crippen molar-refractivity contribution >= 4 is 23.6 Å². The van der Waals surface area contributed by atoms with Crippen LogP contribution in [0.25, 0.3) is 0 Å². The molecule has 6 nitrogen and oxygen atoms in total. The van der Waals surface area contributed by atoms with Crippen LogP contribution in [0.4, 0.5) is 4.39 Å². The molecule has 2 saturated heterocycles. The van der Waals surface area contributed by atoms with Crippen molar-refractivity contribution in [1.29, 1.82) is 0 Å². The van der Waals surface area contributed by atoms with Gasteiger partial charge in [-0.1, -0.05) is 42.0 Å². The lowest BCUT2D eigenvalue weighted by atomic mass is 10.0. The molecule has 0 spiro atoms. The number of thioether (sulfide) groups is 1. The highest BCUT2D eigenvalue weighted by Gasteiger charge is 2.33. The second kappa shape index (κ2) is 11.1. The molecule has 0 aromatic heterocycles. The van der Waals surface area contributed by atoms with Gasteiger partial charge >= 0.3 is 0 Å². The number of carbonyl (C=O) groups is 2. The number of ether oxygens (including phenoxy) is 1. The van der Waals surface area contributed by atoms with Crippen LogP contribution in [-0.4, -0.2) is 66.6 Å². The maximum absolute atomic E-state index is 13.1. The summed E-state index contributed by atoms with van der Waals surface area (Å²) in [4.78, 5) is 28.1. The molecule has 2 aromatic carbocycles. The lowest BCUT2D eigenvalue weighted by molar-refractivity contribution is -0.129. The lowest BCUT2D eigenvalue weighted by Crippen LogP contribution is -2.55. The van der Waals surface area contributed by atoms with Gasteiger partial charge in [-0.3, -0.25) is 14.5 Å². The molecule has 2 aliphatic rings. The third-order valence-corrected chi connectivity index (χ3v) is 7.37. The first-order valence-electron chi connectivity index (χ1n) is 11.3. The molecule has 0 bridgehead atoms. The zero-order valence-electron chi connectivity index (χ0n) is 18.8. The van der Waals surface area contributed by atoms with E-state index in [1.54, 1.807) is 12.1 Å². The summed E-state index contributed by atoms with van der Waals surface area (Å²) in [6, 6.07) is 13.6. The number of nitrogens with zero attached hydrogens (tertiary/aromatic N) is 1. The van der Waals surface area contributed by atoms with Crippen molar-refractivity contribution in [3.05, 3.63) is 71.0 Å². The predicted molar refractivity (Wildman–Crippen MR) is 128 cm³/mol. The summed E-state index contributed by atoms with van der Waals surface area (Å²) in [6.07, 6.45) is 0.508. The standard InChI is InChI=1S/C25H30FN3O3S/c1-17-2-6-19(7-3-17)21(15-29-10-12-32-13-11-29)27-24(30)22-16-33-23(25(31)28-22)14-18-4-8-20(26)9-5-18/h2-9,21-23H,10-16H2,1H3,(H,27,30)(H,28,31)/t21-,22+,23-/m0/s1. The van der Waals surface area contributed by atoms with Crippen molar-refractivity contribution in [3.8, 4) is 0 Å². The molecule has 0 aliphatic carbocycles. The number of hydrogen-bond acceptors (Lipinski definition) is 5. The molecule has 0 radical (unpaired) electrons. The topological polar surface area (TPSA) is 70.7 Å². The number of morpholine rings is 1. The molecule has 3 atom stereocenters. The molecule has 0 unspecified atom stereocenters. The first kappa shape index (κ1) is 23.7. The molecule has 2 heterocycles. The van der Waals surface area contributed by atoms with Gasteiger partial charge in [0, 0.05) is 25.4 Å². The smallest absolute Gasteiger partial charge is 0.243 e. The lowest BCUT2D eigenvalue weighted by Gasteiger charge is -2.33. The highest BCUT2D eigenvalue weighted by molar-refractivity contribution is 8.00. The van der Waals surface area contributed by atoms with Gasteiger partial charge in [-0.15, -0.1) is 11.8 Å². The third-order valence-electron chi connectivity index (χ3n) is 6.06. The van der Waals surface area contributed by atoms with Crippen LogP contribution >= 0.6 is 11.8 Å². The summed E-state index contributed by atoms with van der Waals surface area (Å²) in [5.74, 6) is -0.121. The molecule has 0 saturated carbocycles. The van der Waals surface area contributed by atoms with E-state index >= 15 is 0 Å². The minimum atomic E-state index is -0.579. The Hall–Kier alpha value is -2.42. The predicted octanol–water partition coefficient (Wildman–Crippen LogP) is 2.47. The minimum Gasteiger partial charge on any atom is -0.379 e. The molecule has 2 N–H and O–H groups in total. The largest absolute Gasteiger partial charge is 0.379 e. The van der Waals surface area contributed by atoms with Gasteiger partial charge in [-0.25, -0.2) is 4.39 Å². The van der Waals surface area contributed by atoms with Crippen LogP contribution in [0.5, 0.6) is 0 Å². The van der Waals surface area contributed by atoms with Crippen LogP contribution in [0, 0.1) is 12.7 Å². The molecule has 33 heavy (non-hydrogen) atoms. The average Bonchev–Trinajstić information content (AvgIpc) is 2.82. The normalized spacial score (nSPS) is 22.4. The fourth-order valence-electron chi connectivity index (χ4n) is 4.07. The van der Waals surface area contributed by atoms with Crippen LogP contribution in [-0.2, 0) is 20.7 Å². The zero-order valence-corrected chi connectivity index (χ0v) is 19.6. The number of hydrogen-bond donors (Lipinski definition) is 2. The maximum atomic E-state index is 13.1. The van der Waals surface area contributed by atoms with Gasteiger partial charge in [-0.05, 0) is 36.6 Å². The second-order valence-corrected chi connectivity index (χ2v) is 9.83. The summed E-state index contributed by atoms with van der Waals surface area (Å²) in [6.45, 7) is 5.78. The van der Waals surface area contributed by atoms with Gasteiger partial charge in [0.1, 0.15) is 11.9 Å². The second-order valence-electron chi connectivity index (χ2n) is 8.60. The average molecular weight is 472 g/mol. The van der Waals surface area contributed by atoms with E-state index in [1.807, 2.05) is 31.2 Å². The Morgan fingerprint density at radius 1 is 1.18 bits per heavy atom. The number of aryl methyl sites for hydroxylation is 1. The SMILES string of the molecule is Cc1ccc([C@H](CN2CCOCC2)NC(=O)[C@H]2CS[C@@H](Cc3ccc(F)cc3)C(=O)N2)cc1. The number of amides is 2. The van der Waals surface area contributed by atoms with Crippen molar-refractivity contribution in [2.75, 3.05) is 38.6 Å². The fraction of sp³-hybridized carbons (Fsp3) is 0.440. The number of rotatable bonds is 7. The minimum absolute atomic E-state index is 0.157. The molecular formula is C25H30FN3O3S. The van der Waals surface area contributed by atoms with E-state index in [1.165, 1.54) is 29.5 Å².